The van der Waals surface area contributed by atoms with Gasteiger partial charge >= 0.3 is 0 Å². The molecule has 5 aromatic rings. The summed E-state index contributed by atoms with van der Waals surface area (Å²) in [6.07, 6.45) is 8.06. The number of aromatic nitrogens is 2. The number of benzene rings is 3. The third-order valence-electron chi connectivity index (χ3n) is 7.14. The van der Waals surface area contributed by atoms with Crippen LogP contribution in [-0.4, -0.2) is 34.1 Å². The van der Waals surface area contributed by atoms with Crippen LogP contribution in [0.5, 0.6) is 5.75 Å². The molecule has 2 heterocycles. The molecule has 5 heteroatoms. The molecule has 5 nitrogen and oxygen atoms in total. The second-order valence-corrected chi connectivity index (χ2v) is 9.93. The molecule has 5 rings (SSSR count). The minimum absolute atomic E-state index is 0.00117. The van der Waals surface area contributed by atoms with Gasteiger partial charge in [0.25, 0.3) is 5.56 Å². The first-order valence-corrected chi connectivity index (χ1v) is 13.5. The Kier molecular flexibility index (Phi) is 8.46. The first-order chi connectivity index (χ1) is 18.7. The van der Waals surface area contributed by atoms with E-state index in [-0.39, 0.29) is 5.56 Å². The fourth-order valence-electron chi connectivity index (χ4n) is 4.96. The van der Waals surface area contributed by atoms with E-state index in [1.165, 1.54) is 21.9 Å². The zero-order valence-corrected chi connectivity index (χ0v) is 22.1. The van der Waals surface area contributed by atoms with Crippen molar-refractivity contribution in [2.45, 2.75) is 32.2 Å². The second kappa shape index (κ2) is 12.5. The van der Waals surface area contributed by atoms with Crippen molar-refractivity contribution in [3.8, 4) is 5.75 Å². The molecule has 0 aliphatic heterocycles. The van der Waals surface area contributed by atoms with Crippen molar-refractivity contribution in [2.75, 3.05) is 19.7 Å². The molecule has 2 aromatic heterocycles. The highest BCUT2D eigenvalue weighted by molar-refractivity contribution is 5.83. The smallest absolute Gasteiger partial charge is 0.250 e. The molecule has 0 amide bonds. The summed E-state index contributed by atoms with van der Waals surface area (Å²) in [6, 6.07) is 28.9. The quantitative estimate of drug-likeness (QED) is 0.185. The molecule has 194 valence electrons. The molecule has 38 heavy (non-hydrogen) atoms. The predicted octanol–water partition coefficient (Wildman–Crippen LogP) is 6.38. The van der Waals surface area contributed by atoms with E-state index >= 15 is 0 Å². The largest absolute Gasteiger partial charge is 0.494 e. The molecule has 0 saturated heterocycles. The van der Waals surface area contributed by atoms with E-state index in [2.05, 4.69) is 58.4 Å². The number of fused-ring (bicyclic) bond motifs is 2. The zero-order chi connectivity index (χ0) is 26.2. The standard InChI is InChI=1S/C33H35N3O2/c1-35-32-15-14-31(23-30(32)13-16-33(35)37)38-21-6-2-5-19-36(20-17-26-8-7-18-34-24-26)25-27-11-12-28-9-3-4-10-29(28)22-27/h3-4,7-16,18,22-24H,2,5-6,17,19-21,25H2,1H3. The van der Waals surface area contributed by atoms with Gasteiger partial charge in [-0.2, -0.15) is 0 Å². The molecule has 0 unspecified atom stereocenters. The minimum atomic E-state index is 0.00117. The van der Waals surface area contributed by atoms with Crippen molar-refractivity contribution < 1.29 is 4.74 Å². The van der Waals surface area contributed by atoms with Gasteiger partial charge in [-0.05, 0) is 90.5 Å². The van der Waals surface area contributed by atoms with Gasteiger partial charge in [-0.15, -0.1) is 0 Å². The Labute approximate surface area is 224 Å². The van der Waals surface area contributed by atoms with E-state index in [1.807, 2.05) is 42.7 Å². The van der Waals surface area contributed by atoms with Gasteiger partial charge in [-0.25, -0.2) is 0 Å². The second-order valence-electron chi connectivity index (χ2n) is 9.93. The summed E-state index contributed by atoms with van der Waals surface area (Å²) in [5, 5.41) is 3.60. The summed E-state index contributed by atoms with van der Waals surface area (Å²) in [7, 11) is 1.80. The maximum Gasteiger partial charge on any atom is 0.250 e. The number of nitrogens with zero attached hydrogens (tertiary/aromatic N) is 3. The Hall–Kier alpha value is -3.96. The van der Waals surface area contributed by atoms with Gasteiger partial charge < -0.3 is 9.30 Å². The Bertz CT molecular complexity index is 1550. The summed E-state index contributed by atoms with van der Waals surface area (Å²) in [5.41, 5.74) is 3.55. The lowest BCUT2D eigenvalue weighted by molar-refractivity contribution is 0.254. The van der Waals surface area contributed by atoms with Gasteiger partial charge in [0, 0.05) is 44.0 Å². The number of unbranched alkanes of at least 4 members (excludes halogenated alkanes) is 2. The third-order valence-corrected chi connectivity index (χ3v) is 7.14. The van der Waals surface area contributed by atoms with Gasteiger partial charge in [0.15, 0.2) is 0 Å². The average molecular weight is 506 g/mol. The summed E-state index contributed by atoms with van der Waals surface area (Å²) >= 11 is 0. The molecule has 0 N–H and O–H groups in total. The number of aryl methyl sites for hydroxylation is 1. The molecule has 0 spiro atoms. The summed E-state index contributed by atoms with van der Waals surface area (Å²) in [6.45, 7) is 3.70. The van der Waals surface area contributed by atoms with Crippen molar-refractivity contribution in [1.29, 1.82) is 0 Å². The number of ether oxygens (including phenoxy) is 1. The lowest BCUT2D eigenvalue weighted by atomic mass is 10.1. The maximum atomic E-state index is 11.8. The molecule has 0 saturated carbocycles. The third kappa shape index (κ3) is 6.67. The molecule has 0 radical (unpaired) electrons. The molecule has 0 aliphatic rings. The number of hydrogen-bond acceptors (Lipinski definition) is 4. The predicted molar refractivity (Wildman–Crippen MR) is 156 cm³/mol. The van der Waals surface area contributed by atoms with Gasteiger partial charge in [0.05, 0.1) is 12.1 Å². The van der Waals surface area contributed by atoms with E-state index in [0.29, 0.717) is 6.61 Å². The average Bonchev–Trinajstić information content (AvgIpc) is 2.96. The monoisotopic (exact) mass is 505 g/mol. The Morgan fingerprint density at radius 2 is 1.66 bits per heavy atom. The molecule has 0 fully saturated rings. The highest BCUT2D eigenvalue weighted by Crippen LogP contribution is 2.20. The number of hydrogen-bond donors (Lipinski definition) is 0. The minimum Gasteiger partial charge on any atom is -0.494 e. The lowest BCUT2D eigenvalue weighted by Gasteiger charge is -2.23. The summed E-state index contributed by atoms with van der Waals surface area (Å²) in [4.78, 5) is 18.7. The van der Waals surface area contributed by atoms with Crippen molar-refractivity contribution in [2.24, 2.45) is 7.05 Å². The number of rotatable bonds is 12. The van der Waals surface area contributed by atoms with Crippen molar-refractivity contribution in [3.63, 3.8) is 0 Å². The van der Waals surface area contributed by atoms with Crippen LogP contribution in [0.25, 0.3) is 21.7 Å². The van der Waals surface area contributed by atoms with Crippen LogP contribution in [-0.2, 0) is 20.0 Å². The SMILES string of the molecule is Cn1c(=O)ccc2cc(OCCCCCN(CCc3cccnc3)Cc3ccc4ccccc4c3)ccc21. The Morgan fingerprint density at radius 3 is 2.53 bits per heavy atom. The van der Waals surface area contributed by atoms with Crippen LogP contribution in [0.1, 0.15) is 30.4 Å². The van der Waals surface area contributed by atoms with E-state index in [4.69, 9.17) is 4.74 Å². The molecule has 0 bridgehead atoms. The summed E-state index contributed by atoms with van der Waals surface area (Å²) in [5.74, 6) is 0.852. The van der Waals surface area contributed by atoms with Crippen LogP contribution in [0, 0.1) is 0 Å². The fraction of sp³-hybridized carbons (Fsp3) is 0.273. The highest BCUT2D eigenvalue weighted by Gasteiger charge is 2.08. The molecular formula is C33H35N3O2. The van der Waals surface area contributed by atoms with Crippen LogP contribution in [0.4, 0.5) is 0 Å². The Balaban J connectivity index is 1.13. The van der Waals surface area contributed by atoms with Gasteiger partial charge in [-0.1, -0.05) is 42.5 Å². The molecule has 0 aliphatic carbocycles. The molecule has 3 aromatic carbocycles. The topological polar surface area (TPSA) is 47.4 Å². The van der Waals surface area contributed by atoms with Crippen LogP contribution < -0.4 is 10.3 Å². The number of pyridine rings is 2. The normalized spacial score (nSPS) is 11.4. The molecule has 0 atom stereocenters. The first kappa shape index (κ1) is 25.7. The van der Waals surface area contributed by atoms with Gasteiger partial charge in [0.1, 0.15) is 5.75 Å². The zero-order valence-electron chi connectivity index (χ0n) is 22.1. The molecular weight excluding hydrogens is 470 g/mol. The Morgan fingerprint density at radius 1 is 0.789 bits per heavy atom. The van der Waals surface area contributed by atoms with Crippen LogP contribution >= 0.6 is 0 Å². The van der Waals surface area contributed by atoms with Crippen LogP contribution in [0.2, 0.25) is 0 Å². The fourth-order valence-corrected chi connectivity index (χ4v) is 4.96. The van der Waals surface area contributed by atoms with Crippen LogP contribution in [0.15, 0.2) is 102 Å². The van der Waals surface area contributed by atoms with E-state index in [0.717, 1.165) is 62.0 Å². The van der Waals surface area contributed by atoms with Crippen molar-refractivity contribution in [3.05, 3.63) is 119 Å². The lowest BCUT2D eigenvalue weighted by Crippen LogP contribution is -2.27. The van der Waals surface area contributed by atoms with E-state index in [1.54, 1.807) is 17.7 Å². The highest BCUT2D eigenvalue weighted by atomic mass is 16.5. The van der Waals surface area contributed by atoms with Crippen molar-refractivity contribution in [1.82, 2.24) is 14.5 Å². The van der Waals surface area contributed by atoms with Crippen molar-refractivity contribution >= 4 is 21.7 Å². The first-order valence-electron chi connectivity index (χ1n) is 13.5. The van der Waals surface area contributed by atoms with Gasteiger partial charge in [0.2, 0.25) is 0 Å². The maximum absolute atomic E-state index is 11.8. The van der Waals surface area contributed by atoms with Crippen LogP contribution in [0.3, 0.4) is 0 Å². The summed E-state index contributed by atoms with van der Waals surface area (Å²) < 4.78 is 7.69. The van der Waals surface area contributed by atoms with E-state index < -0.39 is 0 Å². The van der Waals surface area contributed by atoms with E-state index in [9.17, 15) is 4.79 Å². The van der Waals surface area contributed by atoms with Gasteiger partial charge in [-0.3, -0.25) is 14.7 Å².